The lowest BCUT2D eigenvalue weighted by atomic mass is 9.74. The van der Waals surface area contributed by atoms with Gasteiger partial charge in [-0.1, -0.05) is 12.2 Å². The Hall–Kier alpha value is -7.35. The highest BCUT2D eigenvalue weighted by molar-refractivity contribution is 6.60. The highest BCUT2D eigenvalue weighted by Crippen LogP contribution is 2.55. The van der Waals surface area contributed by atoms with Crippen molar-refractivity contribution in [1.29, 1.82) is 0 Å². The number of hydrogen-bond acceptors (Lipinski definition) is 9. The van der Waals surface area contributed by atoms with Crippen LogP contribution >= 0.6 is 0 Å². The predicted molar refractivity (Wildman–Crippen MR) is 195 cm³/mol. The van der Waals surface area contributed by atoms with Gasteiger partial charge in [0.15, 0.2) is 23.1 Å². The van der Waals surface area contributed by atoms with Crippen molar-refractivity contribution in [3.63, 3.8) is 0 Å². The van der Waals surface area contributed by atoms with E-state index in [4.69, 9.17) is 0 Å². The highest BCUT2D eigenvalue weighted by atomic mass is 16.4. The largest absolute Gasteiger partial charge is 0.504 e. The zero-order valence-electron chi connectivity index (χ0n) is 29.4. The van der Waals surface area contributed by atoms with E-state index < -0.39 is 58.2 Å². The van der Waals surface area contributed by atoms with E-state index in [9.17, 15) is 59.1 Å². The number of aromatic nitrogens is 2. The summed E-state index contributed by atoms with van der Waals surface area (Å²) in [4.78, 5) is 98.0. The fourth-order valence-electron chi connectivity index (χ4n) is 8.23. The van der Waals surface area contributed by atoms with Crippen molar-refractivity contribution in [2.45, 2.75) is 40.5 Å². The van der Waals surface area contributed by atoms with Crippen molar-refractivity contribution < 1.29 is 59.1 Å². The number of ketones is 4. The van der Waals surface area contributed by atoms with Crippen molar-refractivity contribution in [3.8, 4) is 11.5 Å². The van der Waals surface area contributed by atoms with Crippen molar-refractivity contribution in [1.82, 2.24) is 9.97 Å². The van der Waals surface area contributed by atoms with Gasteiger partial charge >= 0.3 is 17.9 Å². The van der Waals surface area contributed by atoms with E-state index in [1.807, 2.05) is 0 Å². The van der Waals surface area contributed by atoms with Gasteiger partial charge in [0.25, 0.3) is 0 Å². The summed E-state index contributed by atoms with van der Waals surface area (Å²) in [7, 11) is 0. The van der Waals surface area contributed by atoms with Crippen LogP contribution in [-0.2, 0) is 24.0 Å². The van der Waals surface area contributed by atoms with E-state index in [1.165, 1.54) is 32.9 Å². The molecule has 5 aliphatic carbocycles. The first-order valence-corrected chi connectivity index (χ1v) is 16.9. The van der Waals surface area contributed by atoms with Crippen LogP contribution in [-0.4, -0.2) is 76.5 Å². The second-order valence-corrected chi connectivity index (χ2v) is 13.9. The first kappa shape index (κ1) is 34.7. The average Bonchev–Trinajstić information content (AvgIpc) is 3.96. The summed E-state index contributed by atoms with van der Waals surface area (Å²) in [6.07, 6.45) is 4.48. The number of carboxylic acid groups (broad SMARTS) is 3. The molecule has 2 heterocycles. The number of phenolic OH excluding ortho intramolecular Hbond substituents is 2. The number of H-pyrrole nitrogens is 2. The zero-order chi connectivity index (χ0) is 39.7. The van der Waals surface area contributed by atoms with Gasteiger partial charge in [0.05, 0.1) is 16.8 Å². The molecule has 0 radical (unpaired) electrons. The maximum Gasteiger partial charge on any atom is 0.352 e. The number of aromatic carboxylic acids is 2. The van der Waals surface area contributed by atoms with Gasteiger partial charge in [-0.2, -0.15) is 0 Å². The highest BCUT2D eigenvalue weighted by Gasteiger charge is 2.43. The molecule has 0 amide bonds. The fourth-order valence-corrected chi connectivity index (χ4v) is 8.23. The molecule has 14 nitrogen and oxygen atoms in total. The number of aliphatic carboxylic acids is 1. The lowest BCUT2D eigenvalue weighted by Crippen LogP contribution is -2.23. The maximum atomic E-state index is 14.7. The fraction of sp³-hybridized carbons (Fsp3) is 0.146. The molecule has 0 fully saturated rings. The van der Waals surface area contributed by atoms with Crippen molar-refractivity contribution in [2.75, 3.05) is 0 Å². The van der Waals surface area contributed by atoms with E-state index >= 15 is 0 Å². The molecule has 7 N–H and O–H groups in total. The standard InChI is InChI=1S/C41H28N2O12/c1-12-13(2)33(44)28(21-10-23(40(52)53)42-31(12)21)27-20-9-16(39(50)51)8-19(20)25(15(4)34(27)45)30-32-22(11-24(43-32)41(54)55)29(37(48)38(30)49)26-18-7-5-6-17(18)14(3)35(46)36(26)47/h5,7,9-11,42-43,48-49H,6,8H2,1-4H3,(H,50,51)(H,52,53)(H,54,55)/b28-27-. The van der Waals surface area contributed by atoms with Gasteiger partial charge in [-0.05, 0) is 85.8 Å². The molecule has 0 unspecified atom stereocenters. The summed E-state index contributed by atoms with van der Waals surface area (Å²) in [5.74, 6) is -9.18. The Balaban J connectivity index is 1.46. The SMILES string of the molecule is CC1=C2CC=CC2=C(c2c(O)c(O)c(C3=C(C)C(=O)/C(=C4\C(=O)C(C)=C(C)c5[nH]c(C(=O)O)cc54)C4=C3CC(C(=O)O)=C4)c3[nH]c(C(=O)O)cc23)C(=O)C1=O. The molecular formula is C41H28N2O12. The number of fused-ring (bicyclic) bond motifs is 3. The molecule has 0 saturated heterocycles. The van der Waals surface area contributed by atoms with Gasteiger partial charge in [0.1, 0.15) is 11.4 Å². The number of aromatic amines is 2. The molecular weight excluding hydrogens is 712 g/mol. The van der Waals surface area contributed by atoms with Gasteiger partial charge in [0, 0.05) is 61.9 Å². The molecule has 3 aromatic rings. The summed E-state index contributed by atoms with van der Waals surface area (Å²) >= 11 is 0. The molecule has 0 bridgehead atoms. The minimum absolute atomic E-state index is 0.0109. The summed E-state index contributed by atoms with van der Waals surface area (Å²) in [6.45, 7) is 5.99. The van der Waals surface area contributed by atoms with Crippen LogP contribution in [0.2, 0.25) is 0 Å². The van der Waals surface area contributed by atoms with E-state index in [0.717, 1.165) is 6.07 Å². The number of benzene rings is 1. The van der Waals surface area contributed by atoms with E-state index in [1.54, 1.807) is 19.1 Å². The van der Waals surface area contributed by atoms with Crippen LogP contribution in [0.4, 0.5) is 0 Å². The number of rotatable bonds is 5. The molecule has 14 heteroatoms. The Bertz CT molecular complexity index is 2850. The summed E-state index contributed by atoms with van der Waals surface area (Å²) in [5.41, 5.74) is -0.301. The average molecular weight is 741 g/mol. The first-order chi connectivity index (χ1) is 26.0. The first-order valence-electron chi connectivity index (χ1n) is 16.9. The Morgan fingerprint density at radius 3 is 1.91 bits per heavy atom. The maximum absolute atomic E-state index is 14.7. The normalized spacial score (nSPS) is 19.7. The van der Waals surface area contributed by atoms with E-state index in [-0.39, 0.29) is 101 Å². The van der Waals surface area contributed by atoms with E-state index in [0.29, 0.717) is 23.1 Å². The van der Waals surface area contributed by atoms with Crippen molar-refractivity contribution >= 4 is 74.2 Å². The van der Waals surface area contributed by atoms with Gasteiger partial charge in [-0.3, -0.25) is 19.2 Å². The molecule has 0 atom stereocenters. The Kier molecular flexibility index (Phi) is 7.31. The second-order valence-electron chi connectivity index (χ2n) is 13.9. The Morgan fingerprint density at radius 1 is 0.618 bits per heavy atom. The minimum atomic E-state index is -1.46. The molecule has 0 spiro atoms. The van der Waals surface area contributed by atoms with Crippen LogP contribution in [0.5, 0.6) is 11.5 Å². The molecule has 2 aromatic heterocycles. The quantitative estimate of drug-likeness (QED) is 0.0753. The molecule has 5 aliphatic rings. The molecule has 55 heavy (non-hydrogen) atoms. The number of aromatic hydroxyl groups is 2. The predicted octanol–water partition coefficient (Wildman–Crippen LogP) is 5.38. The molecule has 274 valence electrons. The zero-order valence-corrected chi connectivity index (χ0v) is 29.4. The third-order valence-corrected chi connectivity index (χ3v) is 11.1. The smallest absolute Gasteiger partial charge is 0.352 e. The number of carbonyl (C=O) groups is 7. The summed E-state index contributed by atoms with van der Waals surface area (Å²) in [5, 5.41) is 53.7. The van der Waals surface area contributed by atoms with Gasteiger partial charge in [-0.15, -0.1) is 0 Å². The van der Waals surface area contributed by atoms with Crippen LogP contribution < -0.4 is 0 Å². The molecule has 8 rings (SSSR count). The lowest BCUT2D eigenvalue weighted by molar-refractivity contribution is -0.132. The van der Waals surface area contributed by atoms with Gasteiger partial charge in [0.2, 0.25) is 11.6 Å². The number of Topliss-reactive ketones (excluding diaryl/α,β-unsaturated/α-hetero) is 4. The van der Waals surface area contributed by atoms with Crippen LogP contribution in [0.3, 0.4) is 0 Å². The topological polar surface area (TPSA) is 252 Å². The lowest BCUT2D eigenvalue weighted by Gasteiger charge is -2.28. The Morgan fingerprint density at radius 2 is 1.25 bits per heavy atom. The molecule has 1 aromatic carbocycles. The minimum Gasteiger partial charge on any atom is -0.504 e. The van der Waals surface area contributed by atoms with Crippen LogP contribution in [0.1, 0.15) is 83.9 Å². The third kappa shape index (κ3) is 4.57. The van der Waals surface area contributed by atoms with Crippen molar-refractivity contribution in [3.05, 3.63) is 114 Å². The van der Waals surface area contributed by atoms with Gasteiger partial charge < -0.3 is 35.5 Å². The summed E-state index contributed by atoms with van der Waals surface area (Å²) < 4.78 is 0. The van der Waals surface area contributed by atoms with E-state index in [2.05, 4.69) is 9.97 Å². The third-order valence-electron chi connectivity index (χ3n) is 11.1. The van der Waals surface area contributed by atoms with Gasteiger partial charge in [-0.25, -0.2) is 14.4 Å². The van der Waals surface area contributed by atoms with Crippen LogP contribution in [0.25, 0.3) is 33.2 Å². The van der Waals surface area contributed by atoms with Crippen molar-refractivity contribution in [2.24, 2.45) is 0 Å². The Labute approximate surface area is 309 Å². The number of allylic oxidation sites excluding steroid dienone is 15. The number of phenols is 2. The number of carbonyl (C=O) groups excluding carboxylic acids is 4. The molecule has 0 saturated carbocycles. The van der Waals surface area contributed by atoms with Crippen LogP contribution in [0.15, 0.2) is 80.5 Å². The monoisotopic (exact) mass is 740 g/mol. The summed E-state index contributed by atoms with van der Waals surface area (Å²) in [6, 6.07) is 2.34. The molecule has 0 aliphatic heterocycles. The second kappa shape index (κ2) is 11.6. The van der Waals surface area contributed by atoms with Crippen LogP contribution in [0, 0.1) is 0 Å². The number of hydrogen-bond donors (Lipinski definition) is 7. The number of nitrogens with one attached hydrogen (secondary N) is 2. The number of carboxylic acids is 3.